The van der Waals surface area contributed by atoms with Crippen LogP contribution < -0.4 is 0 Å². The Kier molecular flexibility index (Phi) is 7.27. The van der Waals surface area contributed by atoms with Crippen molar-refractivity contribution < 1.29 is 0 Å². The van der Waals surface area contributed by atoms with Gasteiger partial charge in [-0.15, -0.1) is 0 Å². The van der Waals surface area contributed by atoms with Gasteiger partial charge in [-0.25, -0.2) is 0 Å². The maximum absolute atomic E-state index is 5.47. The minimum Gasteiger partial charge on any atom is -0.292 e. The van der Waals surface area contributed by atoms with Crippen molar-refractivity contribution in [2.24, 2.45) is 0 Å². The van der Waals surface area contributed by atoms with Crippen LogP contribution in [0.15, 0.2) is 218 Å². The third-order valence-corrected chi connectivity index (χ3v) is 12.6. The summed E-state index contributed by atoms with van der Waals surface area (Å²) in [7, 11) is 0. The molecule has 13 aromatic rings. The van der Waals surface area contributed by atoms with E-state index in [-0.39, 0.29) is 0 Å². The number of para-hydroxylation sites is 3. The molecule has 0 atom stereocenters. The van der Waals surface area contributed by atoms with Crippen LogP contribution in [0.2, 0.25) is 0 Å². The lowest BCUT2D eigenvalue weighted by atomic mass is 9.91. The van der Waals surface area contributed by atoms with Gasteiger partial charge in [0.2, 0.25) is 5.78 Å². The van der Waals surface area contributed by atoms with E-state index in [2.05, 4.69) is 232 Å². The molecule has 0 amide bonds. The molecule has 0 aliphatic carbocycles. The van der Waals surface area contributed by atoms with Crippen LogP contribution in [0.25, 0.3) is 116 Å². The largest absolute Gasteiger partial charge is 0.292 e. The minimum absolute atomic E-state index is 0.888. The van der Waals surface area contributed by atoms with Crippen LogP contribution >= 0.6 is 0 Å². The van der Waals surface area contributed by atoms with Gasteiger partial charge in [-0.1, -0.05) is 158 Å². The number of nitrogens with zero attached hydrogens (tertiary/aromatic N) is 4. The maximum Gasteiger partial charge on any atom is 0.222 e. The Hall–Kier alpha value is -8.21. The Labute approximate surface area is 351 Å². The first-order chi connectivity index (χ1) is 30.3. The molecule has 3 aromatic heterocycles. The van der Waals surface area contributed by atoms with E-state index in [4.69, 9.17) is 4.98 Å². The van der Waals surface area contributed by atoms with Gasteiger partial charge >= 0.3 is 0 Å². The fourth-order valence-electron chi connectivity index (χ4n) is 9.85. The molecule has 284 valence electrons. The first-order valence-electron chi connectivity index (χ1n) is 20.9. The first-order valence-corrected chi connectivity index (χ1v) is 20.9. The zero-order valence-corrected chi connectivity index (χ0v) is 33.1. The quantitative estimate of drug-likeness (QED) is 0.160. The van der Waals surface area contributed by atoms with Crippen LogP contribution in [0, 0.1) is 0 Å². The predicted molar refractivity (Wildman–Crippen MR) is 255 cm³/mol. The summed E-state index contributed by atoms with van der Waals surface area (Å²) >= 11 is 0. The van der Waals surface area contributed by atoms with E-state index in [1.807, 2.05) is 0 Å². The zero-order valence-electron chi connectivity index (χ0n) is 33.1. The van der Waals surface area contributed by atoms with Crippen LogP contribution in [0.5, 0.6) is 0 Å². The summed E-state index contributed by atoms with van der Waals surface area (Å²) in [5, 5.41) is 8.91. The molecule has 4 nitrogen and oxygen atoms in total. The first kappa shape index (κ1) is 33.7. The molecule has 10 aromatic carbocycles. The van der Waals surface area contributed by atoms with Gasteiger partial charge in [-0.2, -0.15) is 4.98 Å². The van der Waals surface area contributed by atoms with Crippen LogP contribution in [0.3, 0.4) is 0 Å². The normalized spacial score (nSPS) is 11.9. The van der Waals surface area contributed by atoms with Gasteiger partial charge in [0, 0.05) is 16.8 Å². The predicted octanol–water partition coefficient (Wildman–Crippen LogP) is 14.8. The van der Waals surface area contributed by atoms with Crippen molar-refractivity contribution >= 4 is 71.2 Å². The summed E-state index contributed by atoms with van der Waals surface area (Å²) in [6.07, 6.45) is 0. The van der Waals surface area contributed by atoms with Gasteiger partial charge in [0.15, 0.2) is 5.65 Å². The van der Waals surface area contributed by atoms with Gasteiger partial charge in [0.1, 0.15) is 5.52 Å². The number of aromatic nitrogens is 4. The lowest BCUT2D eigenvalue weighted by Gasteiger charge is -2.13. The molecule has 0 radical (unpaired) electrons. The molecule has 61 heavy (non-hydrogen) atoms. The topological polar surface area (TPSA) is 27.2 Å². The van der Waals surface area contributed by atoms with E-state index in [1.165, 1.54) is 60.0 Å². The molecule has 0 saturated heterocycles. The minimum atomic E-state index is 0.888. The van der Waals surface area contributed by atoms with Crippen LogP contribution in [-0.4, -0.2) is 18.5 Å². The Bertz CT molecular complexity index is 3830. The summed E-state index contributed by atoms with van der Waals surface area (Å²) in [5.74, 6) is 0.888. The fourth-order valence-corrected chi connectivity index (χ4v) is 9.85. The Morgan fingerprint density at radius 3 is 1.34 bits per heavy atom. The smallest absolute Gasteiger partial charge is 0.222 e. The zero-order chi connectivity index (χ0) is 40.0. The van der Waals surface area contributed by atoms with E-state index in [1.54, 1.807) is 0 Å². The van der Waals surface area contributed by atoms with E-state index in [0.717, 1.165) is 56.0 Å². The van der Waals surface area contributed by atoms with Gasteiger partial charge in [-0.05, 0) is 126 Å². The Morgan fingerprint density at radius 2 is 0.738 bits per heavy atom. The monoisotopic (exact) mass is 776 g/mol. The molecule has 3 heterocycles. The second-order valence-electron chi connectivity index (χ2n) is 16.0. The number of fused-ring (bicyclic) bond motifs is 13. The molecule has 0 fully saturated rings. The van der Waals surface area contributed by atoms with Crippen molar-refractivity contribution in [3.8, 4) is 44.8 Å². The van der Waals surface area contributed by atoms with Crippen LogP contribution in [0.1, 0.15) is 0 Å². The third-order valence-electron chi connectivity index (χ3n) is 12.6. The molecule has 0 unspecified atom stereocenters. The average molecular weight is 777 g/mol. The van der Waals surface area contributed by atoms with Gasteiger partial charge in [0.25, 0.3) is 0 Å². The number of hydrogen-bond donors (Lipinski definition) is 0. The molecule has 0 saturated carbocycles. The van der Waals surface area contributed by atoms with Crippen molar-refractivity contribution in [2.75, 3.05) is 0 Å². The second-order valence-corrected chi connectivity index (χ2v) is 16.0. The Balaban J connectivity index is 0.949. The molecule has 0 bridgehead atoms. The molecule has 13 rings (SSSR count). The molecule has 0 N–H and O–H groups in total. The van der Waals surface area contributed by atoms with Gasteiger partial charge in [-0.3, -0.25) is 13.5 Å². The van der Waals surface area contributed by atoms with Crippen molar-refractivity contribution in [2.45, 2.75) is 0 Å². The highest BCUT2D eigenvalue weighted by atomic mass is 15.2. The molecule has 0 aliphatic rings. The van der Waals surface area contributed by atoms with Gasteiger partial charge in [0.05, 0.1) is 16.6 Å². The van der Waals surface area contributed by atoms with Crippen molar-refractivity contribution in [1.29, 1.82) is 0 Å². The fraction of sp³-hybridized carbons (Fsp3) is 0. The molecular weight excluding hydrogens is 741 g/mol. The summed E-state index contributed by atoms with van der Waals surface area (Å²) in [4.78, 5) is 5.47. The van der Waals surface area contributed by atoms with E-state index in [0.29, 0.717) is 0 Å². The summed E-state index contributed by atoms with van der Waals surface area (Å²) in [5.41, 5.74) is 14.7. The number of hydrogen-bond acceptors (Lipinski definition) is 1. The lowest BCUT2D eigenvalue weighted by Crippen LogP contribution is -1.97. The SMILES string of the molecule is c1ccc(-n2c3ccccc3c3c2nc2n(-c4ccccc4)c4cc(-c5cccc(-c6cccc(-c7ccc8c9ccccc9c9ccccc9c8c7)c6)c5)ccc4n32)cc1. The van der Waals surface area contributed by atoms with Crippen LogP contribution in [0.4, 0.5) is 0 Å². The highest BCUT2D eigenvalue weighted by molar-refractivity contribution is 6.25. The lowest BCUT2D eigenvalue weighted by molar-refractivity contribution is 1.09. The summed E-state index contributed by atoms with van der Waals surface area (Å²) in [6.45, 7) is 0. The van der Waals surface area contributed by atoms with E-state index in [9.17, 15) is 0 Å². The highest BCUT2D eigenvalue weighted by Crippen LogP contribution is 2.40. The summed E-state index contributed by atoms with van der Waals surface area (Å²) < 4.78 is 6.95. The molecule has 4 heteroatoms. The third kappa shape index (κ3) is 5.09. The van der Waals surface area contributed by atoms with Crippen LogP contribution in [-0.2, 0) is 0 Å². The maximum atomic E-state index is 5.47. The van der Waals surface area contributed by atoms with E-state index < -0.39 is 0 Å². The van der Waals surface area contributed by atoms with Crippen molar-refractivity contribution in [1.82, 2.24) is 18.5 Å². The molecular formula is C57H36N4. The summed E-state index contributed by atoms with van der Waals surface area (Å²) in [6, 6.07) is 79.1. The average Bonchev–Trinajstić information content (AvgIpc) is 3.97. The second kappa shape index (κ2) is 13.2. The van der Waals surface area contributed by atoms with Crippen molar-refractivity contribution in [3.05, 3.63) is 218 Å². The highest BCUT2D eigenvalue weighted by Gasteiger charge is 2.24. The molecule has 0 aliphatic heterocycles. The van der Waals surface area contributed by atoms with Crippen molar-refractivity contribution in [3.63, 3.8) is 0 Å². The number of rotatable bonds is 5. The van der Waals surface area contributed by atoms with Gasteiger partial charge < -0.3 is 0 Å². The molecule has 0 spiro atoms. The Morgan fingerprint density at radius 1 is 0.279 bits per heavy atom. The number of imidazole rings is 2. The number of benzene rings is 10. The van der Waals surface area contributed by atoms with E-state index >= 15 is 0 Å². The standard InChI is InChI=1S/C57H36N4/c1-3-19-43(20-4-1)59-52-28-12-11-27-50(52)55-56(59)58-57-60(44-21-5-2-6-22-44)54-36-42(30-32-53(54)61(55)57)40-18-14-16-38(34-40)37-15-13-17-39(33-37)41-29-31-49-47-25-8-7-23-45(47)46-24-9-10-26-48(46)51(49)35-41/h1-36H.